The molecular formula is C51H68N2O10. The molecule has 0 radical (unpaired) electrons. The second-order valence-electron chi connectivity index (χ2n) is 19.0. The monoisotopic (exact) mass is 868 g/mol. The molecule has 63 heavy (non-hydrogen) atoms. The number of hydrogen-bond donors (Lipinski definition) is 4. The van der Waals surface area contributed by atoms with Crippen LogP contribution in [0.4, 0.5) is 0 Å². The summed E-state index contributed by atoms with van der Waals surface area (Å²) in [7, 11) is 0. The number of fused-ring (bicyclic) bond motifs is 6. The summed E-state index contributed by atoms with van der Waals surface area (Å²) in [4.78, 5) is 42.7. The summed E-state index contributed by atoms with van der Waals surface area (Å²) in [5, 5.41) is 44.6. The minimum absolute atomic E-state index is 0.0670. The van der Waals surface area contributed by atoms with Crippen LogP contribution in [0.2, 0.25) is 0 Å². The number of aliphatic hydroxyl groups is 2. The van der Waals surface area contributed by atoms with Gasteiger partial charge >= 0.3 is 0 Å². The second kappa shape index (κ2) is 19.8. The predicted molar refractivity (Wildman–Crippen MR) is 242 cm³/mol. The summed E-state index contributed by atoms with van der Waals surface area (Å²) < 4.78 is 18.6. The maximum absolute atomic E-state index is 14.0. The number of allylic oxidation sites excluding steroid dienone is 8. The highest BCUT2D eigenvalue weighted by Gasteiger charge is 2.46. The fraction of sp³-hybridized carbons (Fsp3) is 0.549. The van der Waals surface area contributed by atoms with Crippen LogP contribution in [-0.2, 0) is 35.5 Å². The summed E-state index contributed by atoms with van der Waals surface area (Å²) in [6.07, 6.45) is 13.3. The number of carbonyl (C=O) groups is 3. The average Bonchev–Trinajstić information content (AvgIpc) is 3.70. The van der Waals surface area contributed by atoms with Gasteiger partial charge in [0.05, 0.1) is 36.4 Å². The molecule has 0 saturated heterocycles. The lowest BCUT2D eigenvalue weighted by Gasteiger charge is -2.41. The summed E-state index contributed by atoms with van der Waals surface area (Å²) in [6.45, 7) is 17.2. The van der Waals surface area contributed by atoms with Gasteiger partial charge in [0.2, 0.25) is 0 Å². The number of carbonyl (C=O) groups excluding carboxylic acids is 3. The van der Waals surface area contributed by atoms with Crippen molar-refractivity contribution in [2.45, 2.75) is 175 Å². The van der Waals surface area contributed by atoms with Crippen LogP contribution in [0.3, 0.4) is 0 Å². The van der Waals surface area contributed by atoms with E-state index in [2.05, 4.69) is 65.8 Å². The highest BCUT2D eigenvalue weighted by atomic mass is 16.5. The molecule has 0 bridgehead atoms. The van der Waals surface area contributed by atoms with Gasteiger partial charge in [-0.05, 0) is 125 Å². The number of amides is 2. The summed E-state index contributed by atoms with van der Waals surface area (Å²) in [6, 6.07) is 2.86. The Balaban J connectivity index is 1.11. The summed E-state index contributed by atoms with van der Waals surface area (Å²) in [5.74, 6) is -0.108. The number of aromatic hydroxyl groups is 2. The molecule has 2 aromatic carbocycles. The van der Waals surface area contributed by atoms with Crippen LogP contribution in [-0.4, -0.2) is 84.7 Å². The number of hydrogen-bond acceptors (Lipinski definition) is 10. The van der Waals surface area contributed by atoms with Crippen LogP contribution in [0.25, 0.3) is 0 Å². The maximum atomic E-state index is 14.0. The number of nitrogens with zero attached hydrogens (tertiary/aromatic N) is 2. The van der Waals surface area contributed by atoms with Crippen molar-refractivity contribution in [3.8, 4) is 23.0 Å². The lowest BCUT2D eigenvalue weighted by Crippen LogP contribution is -2.49. The topological polar surface area (TPSA) is 166 Å². The molecule has 0 aliphatic carbocycles. The highest BCUT2D eigenvalue weighted by Crippen LogP contribution is 2.48. The van der Waals surface area contributed by atoms with Gasteiger partial charge in [-0.1, -0.05) is 46.6 Å². The van der Waals surface area contributed by atoms with Crippen molar-refractivity contribution in [1.29, 1.82) is 0 Å². The van der Waals surface area contributed by atoms with E-state index >= 15 is 0 Å². The van der Waals surface area contributed by atoms with Gasteiger partial charge in [0.25, 0.3) is 18.3 Å². The van der Waals surface area contributed by atoms with Crippen molar-refractivity contribution in [2.24, 2.45) is 0 Å². The summed E-state index contributed by atoms with van der Waals surface area (Å²) >= 11 is 0. The molecule has 0 saturated carbocycles. The van der Waals surface area contributed by atoms with E-state index in [1.807, 2.05) is 13.8 Å². The van der Waals surface area contributed by atoms with Gasteiger partial charge in [-0.15, -0.1) is 0 Å². The largest absolute Gasteiger partial charge is 0.508 e. The van der Waals surface area contributed by atoms with Crippen molar-refractivity contribution in [1.82, 2.24) is 9.80 Å². The Labute approximate surface area is 372 Å². The molecule has 0 aromatic heterocycles. The van der Waals surface area contributed by atoms with Crippen molar-refractivity contribution >= 4 is 18.3 Å². The normalized spacial score (nSPS) is 23.3. The molecular weight excluding hydrogens is 801 g/mol. The first-order chi connectivity index (χ1) is 29.8. The molecule has 5 unspecified atom stereocenters. The second-order valence-corrected chi connectivity index (χ2v) is 19.0. The van der Waals surface area contributed by atoms with E-state index in [1.54, 1.807) is 4.90 Å². The van der Waals surface area contributed by atoms with Crippen molar-refractivity contribution < 1.29 is 49.0 Å². The average molecular weight is 869 g/mol. The van der Waals surface area contributed by atoms with Gasteiger partial charge in [-0.25, -0.2) is 0 Å². The van der Waals surface area contributed by atoms with Crippen molar-refractivity contribution in [2.75, 3.05) is 6.54 Å². The molecule has 2 amide bonds. The van der Waals surface area contributed by atoms with Crippen LogP contribution in [0.1, 0.15) is 163 Å². The van der Waals surface area contributed by atoms with E-state index < -0.39 is 35.5 Å². The minimum Gasteiger partial charge on any atom is -0.508 e. The van der Waals surface area contributed by atoms with Gasteiger partial charge in [0, 0.05) is 48.1 Å². The Hall–Kier alpha value is -5.07. The zero-order valence-corrected chi connectivity index (χ0v) is 38.5. The molecule has 0 fully saturated rings. The Morgan fingerprint density at radius 3 is 1.68 bits per heavy atom. The molecule has 4 heterocycles. The molecule has 5 atom stereocenters. The maximum Gasteiger partial charge on any atom is 0.295 e. The molecule has 4 aliphatic heterocycles. The predicted octanol–water partition coefficient (Wildman–Crippen LogP) is 9.04. The van der Waals surface area contributed by atoms with E-state index in [4.69, 9.17) is 14.2 Å². The van der Waals surface area contributed by atoms with Crippen molar-refractivity contribution in [3.63, 3.8) is 0 Å². The number of benzene rings is 2. The third kappa shape index (κ3) is 10.5. The number of phenolic OH excluding ortho intramolecular Hbond substituents is 2. The molecule has 2 aromatic rings. The first-order valence-corrected chi connectivity index (χ1v) is 22.6. The third-order valence-corrected chi connectivity index (χ3v) is 13.4. The van der Waals surface area contributed by atoms with Crippen LogP contribution >= 0.6 is 0 Å². The van der Waals surface area contributed by atoms with E-state index in [0.717, 1.165) is 25.7 Å². The Kier molecular flexibility index (Phi) is 14.9. The molecule has 342 valence electrons. The quantitative estimate of drug-likeness (QED) is 0.0791. The summed E-state index contributed by atoms with van der Waals surface area (Å²) in [5.41, 5.74) is 5.95. The zero-order valence-electron chi connectivity index (χ0n) is 38.5. The lowest BCUT2D eigenvalue weighted by molar-refractivity contribution is -0.141. The Morgan fingerprint density at radius 1 is 0.730 bits per heavy atom. The first-order valence-electron chi connectivity index (χ1n) is 22.6. The van der Waals surface area contributed by atoms with Crippen LogP contribution in [0.5, 0.6) is 23.0 Å². The third-order valence-electron chi connectivity index (χ3n) is 13.4. The van der Waals surface area contributed by atoms with Gasteiger partial charge in [-0.2, -0.15) is 0 Å². The standard InChI is InChI=1S/C51H68N2O10/c1-31(2)14-9-16-33(5)18-11-21-50(7)43(57)26-37-41(55)24-35-39(46(37)62-50)28-52(48(35)59)23-13-20-45(61-30-54)53-29-40-36(49(53)60)25-42(56)38-27-44(58)51(8,63-47(38)40)22-12-19-34(6)17-10-15-32(3)4/h14-15,18-19,24-25,30,43-45,55-58H,9-13,16-17,20-23,26-29H2,1-8H3/b33-18+,34-19+. The first kappa shape index (κ1) is 47.4. The molecule has 12 heteroatoms. The molecule has 12 nitrogen and oxygen atoms in total. The van der Waals surface area contributed by atoms with Gasteiger partial charge in [0.1, 0.15) is 34.2 Å². The lowest BCUT2D eigenvalue weighted by atomic mass is 9.84. The Morgan fingerprint density at radius 2 is 1.21 bits per heavy atom. The van der Waals surface area contributed by atoms with Gasteiger partial charge in [0.15, 0.2) is 6.23 Å². The van der Waals surface area contributed by atoms with Gasteiger partial charge in [-0.3, -0.25) is 19.3 Å². The van der Waals surface area contributed by atoms with Crippen LogP contribution in [0.15, 0.2) is 58.7 Å². The van der Waals surface area contributed by atoms with E-state index in [-0.39, 0.29) is 61.9 Å². The minimum atomic E-state index is -0.971. The molecule has 6 rings (SSSR count). The number of phenols is 2. The van der Waals surface area contributed by atoms with Crippen LogP contribution < -0.4 is 9.47 Å². The van der Waals surface area contributed by atoms with Crippen LogP contribution in [0, 0.1) is 0 Å². The molecule has 0 spiro atoms. The fourth-order valence-electron chi connectivity index (χ4n) is 9.31. The number of aliphatic hydroxyl groups excluding tert-OH is 2. The Bertz CT molecular complexity index is 2200. The van der Waals surface area contributed by atoms with Crippen molar-refractivity contribution in [3.05, 3.63) is 92.1 Å². The van der Waals surface area contributed by atoms with E-state index in [1.165, 1.54) is 39.3 Å². The SMILES string of the molecule is CC(C)=CCC/C(C)=C/CCC1(C)Oc2c(c(O)cc3c2CN(CCCC(OC=O)N2Cc4c(cc(O)c5c4OC(C)(CC/C=C(\C)CCC=C(C)C)C(O)C5)C2=O)C3=O)CC1O. The van der Waals surface area contributed by atoms with E-state index in [0.29, 0.717) is 77.9 Å². The van der Waals surface area contributed by atoms with Gasteiger partial charge < -0.3 is 39.5 Å². The zero-order chi connectivity index (χ0) is 45.8. The molecule has 4 N–H and O–H groups in total. The van der Waals surface area contributed by atoms with E-state index in [9.17, 15) is 34.8 Å². The smallest absolute Gasteiger partial charge is 0.295 e. The fourth-order valence-corrected chi connectivity index (χ4v) is 9.31. The molecule has 4 aliphatic rings. The highest BCUT2D eigenvalue weighted by molar-refractivity contribution is 6.01. The number of ether oxygens (including phenoxy) is 3. The number of rotatable bonds is 19.